The molecule has 0 amide bonds. The number of hydrogen-bond acceptors (Lipinski definition) is 5. The zero-order chi connectivity index (χ0) is 18.1. The molecule has 5 heteroatoms. The lowest BCUT2D eigenvalue weighted by Gasteiger charge is -2.26. The van der Waals surface area contributed by atoms with Crippen LogP contribution in [-0.4, -0.2) is 21.8 Å². The molecular weight excluding hydrogens is 330 g/mol. The number of phenolic OH excluding ortho intramolecular Hbond substituents is 1. The average molecular weight is 345 g/mol. The van der Waals surface area contributed by atoms with Gasteiger partial charge in [-0.05, 0) is 29.8 Å². The minimum Gasteiger partial charge on any atom is -0.507 e. The van der Waals surface area contributed by atoms with Gasteiger partial charge in [-0.25, -0.2) is 0 Å². The first-order valence-corrected chi connectivity index (χ1v) is 8.21. The van der Waals surface area contributed by atoms with Crippen LogP contribution in [0, 0.1) is 0 Å². The number of phenols is 1. The van der Waals surface area contributed by atoms with Gasteiger partial charge in [0, 0.05) is 29.4 Å². The summed E-state index contributed by atoms with van der Waals surface area (Å²) < 4.78 is 5.28. The third kappa shape index (κ3) is 2.73. The number of fused-ring (bicyclic) bond motifs is 1. The lowest BCUT2D eigenvalue weighted by molar-refractivity contribution is -0.135. The van der Waals surface area contributed by atoms with Crippen LogP contribution in [0.3, 0.4) is 0 Å². The molecule has 5 nitrogen and oxygen atoms in total. The predicted molar refractivity (Wildman–Crippen MR) is 94.3 cm³/mol. The van der Waals surface area contributed by atoms with Crippen LogP contribution in [0.2, 0.25) is 0 Å². The van der Waals surface area contributed by atoms with E-state index in [1.54, 1.807) is 54.9 Å². The van der Waals surface area contributed by atoms with E-state index in [0.717, 1.165) is 5.56 Å². The Morgan fingerprint density at radius 2 is 1.77 bits per heavy atom. The normalized spacial score (nSPS) is 15.8. The zero-order valence-corrected chi connectivity index (χ0v) is 13.8. The summed E-state index contributed by atoms with van der Waals surface area (Å²) >= 11 is 0. The third-order valence-corrected chi connectivity index (χ3v) is 4.51. The summed E-state index contributed by atoms with van der Waals surface area (Å²) in [6.45, 7) is 0. The van der Waals surface area contributed by atoms with Crippen molar-refractivity contribution in [2.24, 2.45) is 0 Å². The molecule has 0 bridgehead atoms. The van der Waals surface area contributed by atoms with Gasteiger partial charge in [-0.3, -0.25) is 14.6 Å². The largest absolute Gasteiger partial charge is 0.507 e. The van der Waals surface area contributed by atoms with E-state index in [1.165, 1.54) is 6.07 Å². The van der Waals surface area contributed by atoms with Crippen molar-refractivity contribution in [3.63, 3.8) is 0 Å². The highest BCUT2D eigenvalue weighted by atomic mass is 16.5. The molecule has 0 aliphatic carbocycles. The van der Waals surface area contributed by atoms with Crippen LogP contribution >= 0.6 is 0 Å². The molecule has 1 atom stereocenters. The van der Waals surface area contributed by atoms with Crippen molar-refractivity contribution >= 4 is 11.8 Å². The van der Waals surface area contributed by atoms with Gasteiger partial charge in [0.25, 0.3) is 0 Å². The summed E-state index contributed by atoms with van der Waals surface area (Å²) in [4.78, 5) is 28.7. The Kier molecular flexibility index (Phi) is 3.97. The number of ketones is 1. The van der Waals surface area contributed by atoms with Crippen molar-refractivity contribution in [2.75, 3.05) is 0 Å². The molecule has 26 heavy (non-hydrogen) atoms. The number of carbonyl (C=O) groups excluding carboxylic acids is 2. The molecule has 2 heterocycles. The fraction of sp³-hybridized carbons (Fsp3) is 0.0952. The Balaban J connectivity index is 1.85. The summed E-state index contributed by atoms with van der Waals surface area (Å²) in [6.07, 6.45) is 3.35. The second-order valence-electron chi connectivity index (χ2n) is 6.08. The molecular formula is C21H15NO4. The van der Waals surface area contributed by atoms with Crippen LogP contribution in [0.15, 0.2) is 67.0 Å². The Hall–Kier alpha value is -3.47. The Labute approximate surface area is 149 Å². The number of ether oxygens (including phenoxy) is 1. The van der Waals surface area contributed by atoms with Gasteiger partial charge in [-0.2, -0.15) is 0 Å². The molecule has 2 aromatic carbocycles. The summed E-state index contributed by atoms with van der Waals surface area (Å²) in [6, 6.07) is 15.4. The SMILES string of the molecule is O=C1CC(c2ccncc2)c2c(ccc(C(=O)c3ccccc3)c2O)O1. The number of aromatic hydroxyl groups is 1. The van der Waals surface area contributed by atoms with Gasteiger partial charge in [-0.1, -0.05) is 30.3 Å². The molecule has 4 rings (SSSR count). The van der Waals surface area contributed by atoms with Crippen molar-refractivity contribution in [3.05, 3.63) is 89.2 Å². The number of aromatic nitrogens is 1. The van der Waals surface area contributed by atoms with Crippen LogP contribution < -0.4 is 4.74 Å². The molecule has 0 spiro atoms. The molecule has 0 fully saturated rings. The van der Waals surface area contributed by atoms with Gasteiger partial charge in [0.2, 0.25) is 0 Å². The third-order valence-electron chi connectivity index (χ3n) is 4.51. The molecule has 1 aliphatic rings. The van der Waals surface area contributed by atoms with Crippen molar-refractivity contribution in [1.82, 2.24) is 4.98 Å². The Morgan fingerprint density at radius 3 is 2.50 bits per heavy atom. The fourth-order valence-electron chi connectivity index (χ4n) is 3.26. The van der Waals surface area contributed by atoms with Crippen molar-refractivity contribution in [1.29, 1.82) is 0 Å². The Bertz CT molecular complexity index is 984. The van der Waals surface area contributed by atoms with E-state index in [1.807, 2.05) is 6.07 Å². The minimum absolute atomic E-state index is 0.0908. The summed E-state index contributed by atoms with van der Waals surface area (Å²) in [5, 5.41) is 10.9. The topological polar surface area (TPSA) is 76.5 Å². The van der Waals surface area contributed by atoms with Crippen LogP contribution in [0.4, 0.5) is 0 Å². The van der Waals surface area contributed by atoms with E-state index in [2.05, 4.69) is 4.98 Å². The van der Waals surface area contributed by atoms with Gasteiger partial charge < -0.3 is 9.84 Å². The second kappa shape index (κ2) is 6.44. The molecule has 0 saturated carbocycles. The van der Waals surface area contributed by atoms with Crippen molar-refractivity contribution < 1.29 is 19.4 Å². The molecule has 3 aromatic rings. The first-order chi connectivity index (χ1) is 12.6. The maximum atomic E-state index is 12.8. The van der Waals surface area contributed by atoms with Crippen LogP contribution in [0.5, 0.6) is 11.5 Å². The van der Waals surface area contributed by atoms with Crippen molar-refractivity contribution in [3.8, 4) is 11.5 Å². The Morgan fingerprint density at radius 1 is 1.04 bits per heavy atom. The van der Waals surface area contributed by atoms with Gasteiger partial charge in [0.05, 0.1) is 12.0 Å². The second-order valence-corrected chi connectivity index (χ2v) is 6.08. The average Bonchev–Trinajstić information content (AvgIpc) is 2.68. The van der Waals surface area contributed by atoms with Gasteiger partial charge >= 0.3 is 5.97 Å². The molecule has 128 valence electrons. The predicted octanol–water partition coefficient (Wildman–Crippen LogP) is 3.46. The molecule has 1 aliphatic heterocycles. The summed E-state index contributed by atoms with van der Waals surface area (Å²) in [5.41, 5.74) is 1.96. The summed E-state index contributed by atoms with van der Waals surface area (Å²) in [5.74, 6) is -0.911. The van der Waals surface area contributed by atoms with Crippen LogP contribution in [0.1, 0.15) is 39.4 Å². The van der Waals surface area contributed by atoms with Crippen LogP contribution in [0.25, 0.3) is 0 Å². The number of hydrogen-bond donors (Lipinski definition) is 1. The quantitative estimate of drug-likeness (QED) is 0.447. The first-order valence-electron chi connectivity index (χ1n) is 8.21. The van der Waals surface area contributed by atoms with Crippen molar-refractivity contribution in [2.45, 2.75) is 12.3 Å². The van der Waals surface area contributed by atoms with Gasteiger partial charge in [0.1, 0.15) is 11.5 Å². The number of benzene rings is 2. The number of nitrogens with zero attached hydrogens (tertiary/aromatic N) is 1. The first kappa shape index (κ1) is 16.0. The summed E-state index contributed by atoms with van der Waals surface area (Å²) in [7, 11) is 0. The lowest BCUT2D eigenvalue weighted by atomic mass is 9.84. The maximum Gasteiger partial charge on any atom is 0.312 e. The monoisotopic (exact) mass is 345 g/mol. The van der Waals surface area contributed by atoms with E-state index in [0.29, 0.717) is 11.1 Å². The van der Waals surface area contributed by atoms with E-state index < -0.39 is 5.92 Å². The number of esters is 1. The van der Waals surface area contributed by atoms with Gasteiger partial charge in [0.15, 0.2) is 5.78 Å². The highest BCUT2D eigenvalue weighted by Crippen LogP contribution is 2.45. The minimum atomic E-state index is -0.391. The van der Waals surface area contributed by atoms with E-state index in [-0.39, 0.29) is 35.2 Å². The molecule has 1 N–H and O–H groups in total. The fourth-order valence-corrected chi connectivity index (χ4v) is 3.26. The van der Waals surface area contributed by atoms with Gasteiger partial charge in [-0.15, -0.1) is 0 Å². The van der Waals surface area contributed by atoms with E-state index in [4.69, 9.17) is 4.74 Å². The highest BCUT2D eigenvalue weighted by molar-refractivity contribution is 6.11. The molecule has 0 saturated heterocycles. The van der Waals surface area contributed by atoms with E-state index >= 15 is 0 Å². The lowest BCUT2D eigenvalue weighted by Crippen LogP contribution is -2.22. The standard InChI is InChI=1S/C21H15NO4/c23-18-12-16(13-8-10-22-11-9-13)19-17(26-18)7-6-15(21(19)25)20(24)14-4-2-1-3-5-14/h1-11,16,25H,12H2. The molecule has 1 aromatic heterocycles. The van der Waals surface area contributed by atoms with E-state index in [9.17, 15) is 14.7 Å². The number of rotatable bonds is 3. The number of pyridine rings is 1. The number of carbonyl (C=O) groups is 2. The maximum absolute atomic E-state index is 12.8. The molecule has 1 unspecified atom stereocenters. The van der Waals surface area contributed by atoms with Crippen LogP contribution in [-0.2, 0) is 4.79 Å². The highest BCUT2D eigenvalue weighted by Gasteiger charge is 2.33. The zero-order valence-electron chi connectivity index (χ0n) is 13.8. The smallest absolute Gasteiger partial charge is 0.312 e. The molecule has 0 radical (unpaired) electrons.